The van der Waals surface area contributed by atoms with Crippen LogP contribution < -0.4 is 21.4 Å². The van der Waals surface area contributed by atoms with Gasteiger partial charge in [-0.3, -0.25) is 15.0 Å². The van der Waals surface area contributed by atoms with Crippen molar-refractivity contribution >= 4 is 18.0 Å². The lowest BCUT2D eigenvalue weighted by atomic mass is 10.2. The van der Waals surface area contributed by atoms with Crippen LogP contribution in [0.3, 0.4) is 0 Å². The number of hydrazone groups is 1. The first-order valence-electron chi connectivity index (χ1n) is 5.61. The molecule has 0 heterocycles. The molecule has 2 amide bonds. The van der Waals surface area contributed by atoms with Crippen molar-refractivity contribution in [3.63, 3.8) is 0 Å². The summed E-state index contributed by atoms with van der Waals surface area (Å²) >= 11 is 0. The van der Waals surface area contributed by atoms with Gasteiger partial charge in [0.25, 0.3) is 0 Å². The molecule has 7 nitrogen and oxygen atoms in total. The summed E-state index contributed by atoms with van der Waals surface area (Å²) in [4.78, 5) is 22.1. The van der Waals surface area contributed by atoms with E-state index in [1.54, 1.807) is 31.4 Å². The molecule has 0 aliphatic heterocycles. The number of hydrogen-bond donors (Lipinski definition) is 3. The SMILES string of the molecule is COc1ccc(/C=N/NC(=O)CCC(=O)NN)cc1. The fourth-order valence-electron chi connectivity index (χ4n) is 1.22. The molecule has 102 valence electrons. The second-order valence-corrected chi connectivity index (χ2v) is 3.63. The number of ether oxygens (including phenoxy) is 1. The van der Waals surface area contributed by atoms with Crippen LogP contribution in [0.15, 0.2) is 29.4 Å². The standard InChI is InChI=1S/C12H16N4O3/c1-19-10-4-2-9(3-5-10)8-14-16-12(18)7-6-11(17)15-13/h2-5,8H,6-7,13H2,1H3,(H,15,17)(H,16,18)/b14-8+. The highest BCUT2D eigenvalue weighted by molar-refractivity contribution is 5.85. The van der Waals surface area contributed by atoms with Gasteiger partial charge >= 0.3 is 0 Å². The molecule has 0 atom stereocenters. The minimum Gasteiger partial charge on any atom is -0.497 e. The third kappa shape index (κ3) is 5.64. The Kier molecular flexibility index (Phi) is 6.04. The maximum Gasteiger partial charge on any atom is 0.240 e. The molecular formula is C12H16N4O3. The first-order valence-corrected chi connectivity index (χ1v) is 5.61. The number of nitrogens with one attached hydrogen (secondary N) is 2. The number of carbonyl (C=O) groups excluding carboxylic acids is 2. The van der Waals surface area contributed by atoms with E-state index >= 15 is 0 Å². The van der Waals surface area contributed by atoms with Crippen molar-refractivity contribution in [1.82, 2.24) is 10.9 Å². The first-order chi connectivity index (χ1) is 9.15. The minimum atomic E-state index is -0.394. The highest BCUT2D eigenvalue weighted by atomic mass is 16.5. The van der Waals surface area contributed by atoms with Crippen molar-refractivity contribution in [2.75, 3.05) is 7.11 Å². The van der Waals surface area contributed by atoms with Gasteiger partial charge < -0.3 is 4.74 Å². The van der Waals surface area contributed by atoms with Gasteiger partial charge in [0.2, 0.25) is 11.8 Å². The summed E-state index contributed by atoms with van der Waals surface area (Å²) in [7, 11) is 1.58. The smallest absolute Gasteiger partial charge is 0.240 e. The summed E-state index contributed by atoms with van der Waals surface area (Å²) < 4.78 is 5.01. The Morgan fingerprint density at radius 2 is 1.89 bits per heavy atom. The number of nitrogens with two attached hydrogens (primary N) is 1. The van der Waals surface area contributed by atoms with Crippen molar-refractivity contribution in [2.45, 2.75) is 12.8 Å². The Hall–Kier alpha value is -2.41. The molecule has 0 saturated heterocycles. The molecule has 0 aromatic heterocycles. The zero-order valence-corrected chi connectivity index (χ0v) is 10.6. The lowest BCUT2D eigenvalue weighted by Gasteiger charge is -2.00. The van der Waals surface area contributed by atoms with Crippen molar-refractivity contribution in [3.05, 3.63) is 29.8 Å². The third-order valence-corrected chi connectivity index (χ3v) is 2.26. The Labute approximate surface area is 110 Å². The minimum absolute atomic E-state index is 0.0282. The molecule has 7 heteroatoms. The number of hydrogen-bond acceptors (Lipinski definition) is 5. The molecule has 0 unspecified atom stereocenters. The number of rotatable bonds is 6. The molecule has 0 spiro atoms. The molecule has 19 heavy (non-hydrogen) atoms. The molecule has 0 aliphatic carbocycles. The van der Waals surface area contributed by atoms with Crippen LogP contribution in [0.25, 0.3) is 0 Å². The van der Waals surface area contributed by atoms with Gasteiger partial charge in [-0.05, 0) is 29.8 Å². The Morgan fingerprint density at radius 3 is 2.47 bits per heavy atom. The molecule has 0 radical (unpaired) electrons. The van der Waals surface area contributed by atoms with Crippen LogP contribution in [0.2, 0.25) is 0 Å². The highest BCUT2D eigenvalue weighted by Crippen LogP contribution is 2.09. The van der Waals surface area contributed by atoms with Crippen LogP contribution in [-0.4, -0.2) is 25.1 Å². The van der Waals surface area contributed by atoms with E-state index in [9.17, 15) is 9.59 Å². The van der Waals surface area contributed by atoms with Crippen LogP contribution in [0.1, 0.15) is 18.4 Å². The molecule has 0 fully saturated rings. The van der Waals surface area contributed by atoms with Gasteiger partial charge in [0.05, 0.1) is 13.3 Å². The van der Waals surface area contributed by atoms with E-state index in [-0.39, 0.29) is 18.7 Å². The summed E-state index contributed by atoms with van der Waals surface area (Å²) in [6.07, 6.45) is 1.56. The van der Waals surface area contributed by atoms with Crippen LogP contribution in [0.5, 0.6) is 5.75 Å². The summed E-state index contributed by atoms with van der Waals surface area (Å²) in [6.45, 7) is 0. The average Bonchev–Trinajstić information content (AvgIpc) is 2.45. The fraction of sp³-hybridized carbons (Fsp3) is 0.250. The van der Waals surface area contributed by atoms with Gasteiger partial charge in [-0.1, -0.05) is 0 Å². The normalized spacial score (nSPS) is 10.2. The van der Waals surface area contributed by atoms with Gasteiger partial charge in [0, 0.05) is 12.8 Å². The van der Waals surface area contributed by atoms with E-state index in [2.05, 4.69) is 10.5 Å². The number of amides is 2. The van der Waals surface area contributed by atoms with E-state index in [0.29, 0.717) is 0 Å². The van der Waals surface area contributed by atoms with Gasteiger partial charge in [-0.15, -0.1) is 0 Å². The Morgan fingerprint density at radius 1 is 1.26 bits per heavy atom. The molecule has 4 N–H and O–H groups in total. The van der Waals surface area contributed by atoms with E-state index in [4.69, 9.17) is 10.6 Å². The van der Waals surface area contributed by atoms with Crippen LogP contribution in [0.4, 0.5) is 0 Å². The van der Waals surface area contributed by atoms with Gasteiger partial charge in [0.1, 0.15) is 5.75 Å². The van der Waals surface area contributed by atoms with Crippen molar-refractivity contribution < 1.29 is 14.3 Å². The van der Waals surface area contributed by atoms with Crippen molar-refractivity contribution in [3.8, 4) is 5.75 Å². The maximum atomic E-state index is 11.3. The quantitative estimate of drug-likeness (QED) is 0.289. The summed E-state index contributed by atoms with van der Waals surface area (Å²) in [5.41, 5.74) is 5.08. The zero-order valence-electron chi connectivity index (χ0n) is 10.6. The predicted octanol–water partition coefficient (Wildman–Crippen LogP) is -0.0846. The van der Waals surface area contributed by atoms with Gasteiger partial charge in [0.15, 0.2) is 0 Å². The van der Waals surface area contributed by atoms with E-state index in [0.717, 1.165) is 11.3 Å². The largest absolute Gasteiger partial charge is 0.497 e. The summed E-state index contributed by atoms with van der Waals surface area (Å²) in [5.74, 6) is 4.88. The lowest BCUT2D eigenvalue weighted by molar-refractivity contribution is -0.126. The number of benzene rings is 1. The molecule has 1 aromatic carbocycles. The average molecular weight is 264 g/mol. The van der Waals surface area contributed by atoms with E-state index in [1.165, 1.54) is 6.21 Å². The first kappa shape index (κ1) is 14.7. The van der Waals surface area contributed by atoms with Gasteiger partial charge in [-0.2, -0.15) is 5.10 Å². The second kappa shape index (κ2) is 7.83. The van der Waals surface area contributed by atoms with Crippen molar-refractivity contribution in [1.29, 1.82) is 0 Å². The number of nitrogens with zero attached hydrogens (tertiary/aromatic N) is 1. The molecule has 1 aromatic rings. The van der Waals surface area contributed by atoms with Crippen LogP contribution >= 0.6 is 0 Å². The molecule has 0 saturated carbocycles. The summed E-state index contributed by atoms with van der Waals surface area (Å²) in [6, 6.07) is 7.18. The lowest BCUT2D eigenvalue weighted by Crippen LogP contribution is -2.31. The summed E-state index contributed by atoms with van der Waals surface area (Å²) in [5, 5.41) is 3.77. The van der Waals surface area contributed by atoms with E-state index < -0.39 is 5.91 Å². The topological polar surface area (TPSA) is 106 Å². The van der Waals surface area contributed by atoms with Crippen LogP contribution in [0, 0.1) is 0 Å². The monoisotopic (exact) mass is 264 g/mol. The maximum absolute atomic E-state index is 11.3. The zero-order chi connectivity index (χ0) is 14.1. The fourth-order valence-corrected chi connectivity index (χ4v) is 1.22. The number of methoxy groups -OCH3 is 1. The highest BCUT2D eigenvalue weighted by Gasteiger charge is 2.03. The number of hydrazine groups is 1. The second-order valence-electron chi connectivity index (χ2n) is 3.63. The Balaban J connectivity index is 2.36. The Bertz CT molecular complexity index is 457. The molecule has 0 bridgehead atoms. The van der Waals surface area contributed by atoms with Crippen LogP contribution in [-0.2, 0) is 9.59 Å². The molecular weight excluding hydrogens is 248 g/mol. The van der Waals surface area contributed by atoms with Crippen molar-refractivity contribution in [2.24, 2.45) is 10.9 Å². The third-order valence-electron chi connectivity index (χ3n) is 2.26. The predicted molar refractivity (Wildman–Crippen MR) is 70.3 cm³/mol. The van der Waals surface area contributed by atoms with E-state index in [1.807, 2.05) is 5.43 Å². The molecule has 0 aliphatic rings. The van der Waals surface area contributed by atoms with Gasteiger partial charge in [-0.25, -0.2) is 11.3 Å². The molecule has 1 rings (SSSR count). The number of carbonyl (C=O) groups is 2.